The Morgan fingerprint density at radius 1 is 0.545 bits per heavy atom. The summed E-state index contributed by atoms with van der Waals surface area (Å²) < 4.78 is 0. The number of thioether (sulfide) groups is 1. The molecular formula is C29H21N3S. The van der Waals surface area contributed by atoms with E-state index in [9.17, 15) is 0 Å². The van der Waals surface area contributed by atoms with Crippen LogP contribution in [0.15, 0.2) is 131 Å². The molecule has 0 unspecified atom stereocenters. The highest BCUT2D eigenvalue weighted by Crippen LogP contribution is 2.43. The molecular weight excluding hydrogens is 422 g/mol. The van der Waals surface area contributed by atoms with Gasteiger partial charge in [0.1, 0.15) is 6.04 Å². The minimum atomic E-state index is -0.0452. The van der Waals surface area contributed by atoms with Gasteiger partial charge in [0, 0.05) is 11.0 Å². The lowest BCUT2D eigenvalue weighted by molar-refractivity contribution is 0.532. The molecule has 1 atom stereocenters. The lowest BCUT2D eigenvalue weighted by Crippen LogP contribution is -2.37. The quantitative estimate of drug-likeness (QED) is 0.333. The molecule has 4 aromatic carbocycles. The van der Waals surface area contributed by atoms with Gasteiger partial charge in [0.2, 0.25) is 0 Å². The van der Waals surface area contributed by atoms with Crippen molar-refractivity contribution >= 4 is 28.3 Å². The van der Waals surface area contributed by atoms with E-state index in [2.05, 4.69) is 119 Å². The van der Waals surface area contributed by atoms with Crippen LogP contribution < -0.4 is 0 Å². The van der Waals surface area contributed by atoms with Gasteiger partial charge in [-0.3, -0.25) is 0 Å². The summed E-state index contributed by atoms with van der Waals surface area (Å²) >= 11 is 1.63. The highest BCUT2D eigenvalue weighted by molar-refractivity contribution is 8.16. The summed E-state index contributed by atoms with van der Waals surface area (Å²) in [5.41, 5.74) is 7.99. The van der Waals surface area contributed by atoms with Gasteiger partial charge in [-0.25, -0.2) is 0 Å². The lowest BCUT2D eigenvalue weighted by Gasteiger charge is -2.35. The molecule has 4 heteroatoms. The fraction of sp³-hybridized carbons (Fsp3) is 0.0345. The van der Waals surface area contributed by atoms with Crippen molar-refractivity contribution in [2.24, 2.45) is 10.2 Å². The number of hydrogen-bond donors (Lipinski definition) is 0. The highest BCUT2D eigenvalue weighted by atomic mass is 32.2. The standard InChI is InChI=1S/C29H21N3S/c1-4-10-21(11-5-1)22-16-18-23(19-17-22)26-20-33-29-31-30-27(24-12-6-2-7-13-24)28(32(26)29)25-14-8-3-9-15-25/h1-20,28H/t28-/m1/s1. The van der Waals surface area contributed by atoms with E-state index >= 15 is 0 Å². The zero-order valence-corrected chi connectivity index (χ0v) is 18.7. The van der Waals surface area contributed by atoms with Crippen LogP contribution in [-0.2, 0) is 0 Å². The molecule has 0 aromatic heterocycles. The third-order valence-corrected chi connectivity index (χ3v) is 6.80. The largest absolute Gasteiger partial charge is 0.305 e. The highest BCUT2D eigenvalue weighted by Gasteiger charge is 2.38. The van der Waals surface area contributed by atoms with E-state index in [1.807, 2.05) is 12.1 Å². The van der Waals surface area contributed by atoms with Gasteiger partial charge in [-0.2, -0.15) is 0 Å². The molecule has 158 valence electrons. The summed E-state index contributed by atoms with van der Waals surface area (Å²) in [6.07, 6.45) is 0. The van der Waals surface area contributed by atoms with Crippen LogP contribution in [0.25, 0.3) is 16.8 Å². The van der Waals surface area contributed by atoms with Crippen LogP contribution in [0.1, 0.15) is 22.7 Å². The molecule has 0 spiro atoms. The smallest absolute Gasteiger partial charge is 0.195 e. The van der Waals surface area contributed by atoms with Crippen molar-refractivity contribution in [2.45, 2.75) is 6.04 Å². The molecule has 0 amide bonds. The SMILES string of the molecule is C1=C(c2ccc(-c3ccccc3)cc2)N2C(=NN=C(c3ccccc3)[C@H]2c2ccccc2)S1. The molecule has 2 heterocycles. The molecule has 0 fully saturated rings. The molecule has 6 rings (SSSR count). The minimum Gasteiger partial charge on any atom is -0.305 e. The van der Waals surface area contributed by atoms with Crippen molar-refractivity contribution in [1.29, 1.82) is 0 Å². The first-order valence-electron chi connectivity index (χ1n) is 11.0. The molecule has 4 aromatic rings. The second-order valence-electron chi connectivity index (χ2n) is 7.98. The first-order valence-corrected chi connectivity index (χ1v) is 11.8. The van der Waals surface area contributed by atoms with Crippen LogP contribution in [-0.4, -0.2) is 15.8 Å². The Bertz CT molecular complexity index is 1360. The number of hydrogen-bond acceptors (Lipinski definition) is 4. The van der Waals surface area contributed by atoms with Gasteiger partial charge in [0.25, 0.3) is 0 Å². The number of nitrogens with zero attached hydrogens (tertiary/aromatic N) is 3. The van der Waals surface area contributed by atoms with E-state index in [1.165, 1.54) is 22.3 Å². The summed E-state index contributed by atoms with van der Waals surface area (Å²) in [5, 5.41) is 12.4. The van der Waals surface area contributed by atoms with Crippen LogP contribution in [0.4, 0.5) is 0 Å². The van der Waals surface area contributed by atoms with Gasteiger partial charge in [-0.05, 0) is 22.3 Å². The zero-order valence-electron chi connectivity index (χ0n) is 17.9. The summed E-state index contributed by atoms with van der Waals surface area (Å²) in [6, 6.07) is 40.2. The first kappa shape index (κ1) is 19.8. The van der Waals surface area contributed by atoms with Crippen molar-refractivity contribution in [2.75, 3.05) is 0 Å². The summed E-state index contributed by atoms with van der Waals surface area (Å²) in [7, 11) is 0. The average Bonchev–Trinajstić information content (AvgIpc) is 3.34. The molecule has 2 aliphatic rings. The maximum atomic E-state index is 4.69. The molecule has 0 bridgehead atoms. The molecule has 0 N–H and O–H groups in total. The van der Waals surface area contributed by atoms with Crippen molar-refractivity contribution < 1.29 is 0 Å². The van der Waals surface area contributed by atoms with Gasteiger partial charge in [-0.15, -0.1) is 10.2 Å². The van der Waals surface area contributed by atoms with E-state index in [-0.39, 0.29) is 6.04 Å². The fourth-order valence-corrected chi connectivity index (χ4v) is 5.23. The van der Waals surface area contributed by atoms with Gasteiger partial charge < -0.3 is 4.90 Å². The van der Waals surface area contributed by atoms with E-state index in [1.54, 1.807) is 11.8 Å². The maximum absolute atomic E-state index is 4.69. The Morgan fingerprint density at radius 3 is 1.76 bits per heavy atom. The zero-order chi connectivity index (χ0) is 22.0. The van der Waals surface area contributed by atoms with Crippen molar-refractivity contribution in [3.63, 3.8) is 0 Å². The Hall–Kier alpha value is -3.89. The van der Waals surface area contributed by atoms with Gasteiger partial charge >= 0.3 is 0 Å². The molecule has 0 saturated carbocycles. The lowest BCUT2D eigenvalue weighted by atomic mass is 9.93. The molecule has 0 radical (unpaired) electrons. The van der Waals surface area contributed by atoms with Crippen molar-refractivity contribution in [3.8, 4) is 11.1 Å². The van der Waals surface area contributed by atoms with Crippen LogP contribution in [0.2, 0.25) is 0 Å². The van der Waals surface area contributed by atoms with Gasteiger partial charge in [0.15, 0.2) is 5.17 Å². The third-order valence-electron chi connectivity index (χ3n) is 5.97. The van der Waals surface area contributed by atoms with Crippen LogP contribution in [0.5, 0.6) is 0 Å². The van der Waals surface area contributed by atoms with Crippen LogP contribution in [0.3, 0.4) is 0 Å². The number of benzene rings is 4. The summed E-state index contributed by atoms with van der Waals surface area (Å²) in [6.45, 7) is 0. The Morgan fingerprint density at radius 2 is 1.09 bits per heavy atom. The van der Waals surface area contributed by atoms with Crippen LogP contribution in [0, 0.1) is 0 Å². The number of rotatable bonds is 4. The summed E-state index contributed by atoms with van der Waals surface area (Å²) in [4.78, 5) is 2.33. The summed E-state index contributed by atoms with van der Waals surface area (Å²) in [5.74, 6) is 0. The maximum Gasteiger partial charge on any atom is 0.195 e. The molecule has 0 saturated heterocycles. The van der Waals surface area contributed by atoms with E-state index < -0.39 is 0 Å². The van der Waals surface area contributed by atoms with E-state index in [4.69, 9.17) is 5.10 Å². The second-order valence-corrected chi connectivity index (χ2v) is 8.82. The third kappa shape index (κ3) is 3.69. The topological polar surface area (TPSA) is 28.0 Å². The monoisotopic (exact) mass is 443 g/mol. The molecule has 33 heavy (non-hydrogen) atoms. The minimum absolute atomic E-state index is 0.0452. The Balaban J connectivity index is 1.41. The predicted octanol–water partition coefficient (Wildman–Crippen LogP) is 7.22. The second kappa shape index (κ2) is 8.57. The van der Waals surface area contributed by atoms with Crippen molar-refractivity contribution in [3.05, 3.63) is 137 Å². The molecule has 0 aliphatic carbocycles. The van der Waals surface area contributed by atoms with Crippen LogP contribution >= 0.6 is 11.8 Å². The number of amidine groups is 1. The van der Waals surface area contributed by atoms with Crippen molar-refractivity contribution in [1.82, 2.24) is 4.90 Å². The molecule has 2 aliphatic heterocycles. The Labute approximate surface area is 197 Å². The Kier molecular flexibility index (Phi) is 5.13. The van der Waals surface area contributed by atoms with E-state index in [0.717, 1.165) is 22.1 Å². The van der Waals surface area contributed by atoms with Gasteiger partial charge in [0.05, 0.1) is 11.4 Å². The predicted molar refractivity (Wildman–Crippen MR) is 139 cm³/mol. The number of fused-ring (bicyclic) bond motifs is 1. The van der Waals surface area contributed by atoms with Gasteiger partial charge in [-0.1, -0.05) is 127 Å². The normalized spacial score (nSPS) is 17.2. The average molecular weight is 444 g/mol. The van der Waals surface area contributed by atoms with E-state index in [0.29, 0.717) is 0 Å². The molecule has 3 nitrogen and oxygen atoms in total. The first-order chi connectivity index (χ1) is 16.4. The fourth-order valence-electron chi connectivity index (χ4n) is 4.36.